The zero-order chi connectivity index (χ0) is 36.6. The molecule has 0 radical (unpaired) electrons. The van der Waals surface area contributed by atoms with Crippen molar-refractivity contribution in [3.63, 3.8) is 0 Å². The van der Waals surface area contributed by atoms with E-state index in [1.165, 1.54) is 19.5 Å². The van der Waals surface area contributed by atoms with Crippen molar-refractivity contribution >= 4 is 29.6 Å². The highest BCUT2D eigenvalue weighted by Gasteiger charge is 2.29. The monoisotopic (exact) mass is 733 g/mol. The lowest BCUT2D eigenvalue weighted by atomic mass is 10.2. The van der Waals surface area contributed by atoms with Crippen LogP contribution in [0.25, 0.3) is 0 Å². The average molecular weight is 734 g/mol. The fourth-order valence-corrected chi connectivity index (χ4v) is 5.33. The van der Waals surface area contributed by atoms with E-state index in [1.807, 2.05) is 11.0 Å². The van der Waals surface area contributed by atoms with Crippen LogP contribution in [0, 0.1) is 20.2 Å². The third-order valence-corrected chi connectivity index (χ3v) is 7.81. The molecule has 3 atom stereocenters. The highest BCUT2D eigenvalue weighted by molar-refractivity contribution is 6.32. The zero-order valence-corrected chi connectivity index (χ0v) is 28.2. The number of hydrogen-bond donors (Lipinski definition) is 2. The Morgan fingerprint density at radius 1 is 1.08 bits per heavy atom. The second kappa shape index (κ2) is 19.5. The molecule has 2 aromatic heterocycles. The predicted molar refractivity (Wildman–Crippen MR) is 175 cm³/mol. The van der Waals surface area contributed by atoms with E-state index >= 15 is 0 Å². The van der Waals surface area contributed by atoms with Gasteiger partial charge < -0.3 is 34.1 Å². The number of nitrogens with zero attached hydrogens (tertiary/aromatic N) is 7. The topological polar surface area (TPSA) is 245 Å². The van der Waals surface area contributed by atoms with E-state index in [0.717, 1.165) is 12.0 Å². The Labute approximate surface area is 296 Å². The van der Waals surface area contributed by atoms with Crippen LogP contribution < -0.4 is 20.3 Å². The summed E-state index contributed by atoms with van der Waals surface area (Å²) in [6.45, 7) is 0.308. The minimum Gasteiger partial charge on any atom is -0.495 e. The van der Waals surface area contributed by atoms with Crippen molar-refractivity contribution in [3.05, 3.63) is 91.3 Å². The van der Waals surface area contributed by atoms with Crippen LogP contribution in [0.1, 0.15) is 60.0 Å². The first-order chi connectivity index (χ1) is 24.6. The van der Waals surface area contributed by atoms with Crippen LogP contribution in [-0.2, 0) is 25.7 Å². The summed E-state index contributed by atoms with van der Waals surface area (Å²) in [5.41, 5.74) is 1.04. The van der Waals surface area contributed by atoms with Gasteiger partial charge in [-0.3, -0.25) is 10.1 Å². The molecular formula is C30H36ClN9O11. The third-order valence-electron chi connectivity index (χ3n) is 7.52. The maximum atomic E-state index is 13.2. The molecule has 1 aliphatic rings. The molecule has 20 nitrogen and oxygen atoms in total. The number of aromatic nitrogens is 4. The maximum absolute atomic E-state index is 13.2. The van der Waals surface area contributed by atoms with Crippen molar-refractivity contribution in [3.8, 4) is 5.75 Å². The maximum Gasteiger partial charge on any atom is 0.508 e. The molecule has 1 fully saturated rings. The van der Waals surface area contributed by atoms with Gasteiger partial charge in [0, 0.05) is 37.9 Å². The molecule has 2 N–H and O–H groups in total. The number of hydrogen-bond acceptors (Lipinski definition) is 17. The molecule has 21 heteroatoms. The molecule has 274 valence electrons. The van der Waals surface area contributed by atoms with Gasteiger partial charge in [-0.05, 0) is 55.9 Å². The van der Waals surface area contributed by atoms with Crippen molar-refractivity contribution in [1.29, 1.82) is 0 Å². The first-order valence-electron chi connectivity index (χ1n) is 15.7. The molecule has 1 unspecified atom stereocenters. The minimum atomic E-state index is -1.13. The predicted octanol–water partition coefficient (Wildman–Crippen LogP) is 3.22. The Morgan fingerprint density at radius 2 is 1.84 bits per heavy atom. The molecule has 1 aromatic carbocycles. The lowest BCUT2D eigenvalue weighted by Crippen LogP contribution is -2.39. The van der Waals surface area contributed by atoms with Gasteiger partial charge in [-0.1, -0.05) is 17.7 Å². The standard InChI is InChI=1S/C30H36ClN9O11/c1-47-25-9-8-20(14-24(25)31)15-34-27(26-32-10-5-11-33-26)37-28(41)21-16-35-29(36-17-21)38-12-4-6-22(38)18-49-30(42)48-13-3-2-7-23(51-40(45)46)19-50-39(43)44/h5,8-11,14,16-17,22-23,27,34H,2-4,6-7,12-13,15,18-19H2,1H3,(H,37,41)/t22-,23?,27-/m0/s1. The minimum absolute atomic E-state index is 0.00520. The third kappa shape index (κ3) is 12.3. The van der Waals surface area contributed by atoms with Gasteiger partial charge in [0.05, 0.1) is 30.3 Å². The van der Waals surface area contributed by atoms with E-state index in [1.54, 1.807) is 30.6 Å². The molecule has 3 heterocycles. The van der Waals surface area contributed by atoms with Gasteiger partial charge in [0.25, 0.3) is 16.1 Å². The molecule has 1 amide bonds. The Hall–Kier alpha value is -5.63. The number of methoxy groups -OCH3 is 1. The van der Waals surface area contributed by atoms with Crippen molar-refractivity contribution < 1.29 is 43.6 Å². The lowest BCUT2D eigenvalue weighted by Gasteiger charge is -2.24. The van der Waals surface area contributed by atoms with Crippen molar-refractivity contribution in [2.45, 2.75) is 57.0 Å². The number of ether oxygens (including phenoxy) is 3. The summed E-state index contributed by atoms with van der Waals surface area (Å²) in [5.74, 6) is 0.782. The number of unbranched alkanes of at least 4 members (excludes halogenated alkanes) is 1. The van der Waals surface area contributed by atoms with Crippen molar-refractivity contribution in [2.24, 2.45) is 0 Å². The van der Waals surface area contributed by atoms with Crippen LogP contribution in [0.5, 0.6) is 5.75 Å². The lowest BCUT2D eigenvalue weighted by molar-refractivity contribution is -0.790. The number of carbonyl (C=O) groups excluding carboxylic acids is 2. The SMILES string of the molecule is COc1ccc(CN[C@@H](NC(=O)c2cnc(N3CCC[C@H]3COC(=O)OCCCCC(CO[N+](=O)[O-])O[N+](=O)[O-])nc2)c2ncccn2)cc1Cl. The Kier molecular flexibility index (Phi) is 14.6. The largest absolute Gasteiger partial charge is 0.508 e. The number of anilines is 1. The smallest absolute Gasteiger partial charge is 0.495 e. The van der Waals surface area contributed by atoms with E-state index in [9.17, 15) is 29.8 Å². The van der Waals surface area contributed by atoms with E-state index in [0.29, 0.717) is 54.9 Å². The second-order valence-electron chi connectivity index (χ2n) is 11.0. The number of benzene rings is 1. The number of rotatable bonds is 20. The van der Waals surface area contributed by atoms with Gasteiger partial charge in [-0.25, -0.2) is 24.7 Å². The summed E-state index contributed by atoms with van der Waals surface area (Å²) < 4.78 is 15.6. The summed E-state index contributed by atoms with van der Waals surface area (Å²) in [6, 6.07) is 6.79. The molecule has 0 bridgehead atoms. The number of halogens is 1. The van der Waals surface area contributed by atoms with Crippen LogP contribution in [0.4, 0.5) is 10.7 Å². The van der Waals surface area contributed by atoms with Crippen LogP contribution in [-0.4, -0.2) is 87.8 Å². The molecule has 0 aliphatic carbocycles. The first kappa shape index (κ1) is 38.2. The molecule has 0 spiro atoms. The normalized spacial score (nSPS) is 14.9. The molecule has 3 aromatic rings. The highest BCUT2D eigenvalue weighted by atomic mass is 35.5. The summed E-state index contributed by atoms with van der Waals surface area (Å²) in [5, 5.41) is 25.3. The van der Waals surface area contributed by atoms with E-state index in [2.05, 4.69) is 40.2 Å². The van der Waals surface area contributed by atoms with Crippen LogP contribution in [0.2, 0.25) is 5.02 Å². The number of nitrogens with one attached hydrogen (secondary N) is 2. The van der Waals surface area contributed by atoms with E-state index in [4.69, 9.17) is 25.8 Å². The van der Waals surface area contributed by atoms with Crippen LogP contribution in [0.3, 0.4) is 0 Å². The highest BCUT2D eigenvalue weighted by Crippen LogP contribution is 2.25. The molecular weight excluding hydrogens is 698 g/mol. The van der Waals surface area contributed by atoms with Gasteiger partial charge in [0.1, 0.15) is 31.2 Å². The second-order valence-corrected chi connectivity index (χ2v) is 11.4. The zero-order valence-electron chi connectivity index (χ0n) is 27.4. The fourth-order valence-electron chi connectivity index (χ4n) is 5.05. The Balaban J connectivity index is 1.24. The van der Waals surface area contributed by atoms with Gasteiger partial charge in [-0.2, -0.15) is 0 Å². The molecule has 4 rings (SSSR count). The summed E-state index contributed by atoms with van der Waals surface area (Å²) >= 11 is 6.26. The van der Waals surface area contributed by atoms with Crippen molar-refractivity contribution in [2.75, 3.05) is 38.4 Å². The molecule has 0 saturated carbocycles. The Morgan fingerprint density at radius 3 is 2.53 bits per heavy atom. The Bertz CT molecular complexity index is 1610. The first-order valence-corrected chi connectivity index (χ1v) is 16.1. The summed E-state index contributed by atoms with van der Waals surface area (Å²) in [6.07, 6.45) is 5.34. The molecule has 1 saturated heterocycles. The van der Waals surface area contributed by atoms with Gasteiger partial charge in [0.2, 0.25) is 5.95 Å². The molecule has 51 heavy (non-hydrogen) atoms. The van der Waals surface area contributed by atoms with Crippen LogP contribution in [0.15, 0.2) is 49.1 Å². The number of carbonyl (C=O) groups is 2. The average Bonchev–Trinajstić information content (AvgIpc) is 3.60. The van der Waals surface area contributed by atoms with Crippen LogP contribution >= 0.6 is 11.6 Å². The summed E-state index contributed by atoms with van der Waals surface area (Å²) in [7, 11) is 1.53. The van der Waals surface area contributed by atoms with E-state index < -0.39 is 41.1 Å². The van der Waals surface area contributed by atoms with Crippen molar-refractivity contribution in [1.82, 2.24) is 30.6 Å². The van der Waals surface area contributed by atoms with E-state index in [-0.39, 0.29) is 31.2 Å². The fraction of sp³-hybridized carbons (Fsp3) is 0.467. The summed E-state index contributed by atoms with van der Waals surface area (Å²) in [4.78, 5) is 74.0. The van der Waals surface area contributed by atoms with Gasteiger partial charge in [0.15, 0.2) is 5.82 Å². The molecule has 1 aliphatic heterocycles. The number of amides is 1. The quantitative estimate of drug-likeness (QED) is 0.0556. The van der Waals surface area contributed by atoms with Gasteiger partial charge in [-0.15, -0.1) is 20.2 Å². The van der Waals surface area contributed by atoms with Gasteiger partial charge >= 0.3 is 6.16 Å².